The minimum Gasteiger partial charge on any atom is -0.298 e. The molecule has 0 unspecified atom stereocenters. The lowest BCUT2D eigenvalue weighted by molar-refractivity contribution is -0.137. The standard InChI is InChI=1S/C11H10ClF3O/c12-7-10(16)6-3-8-1-4-9(5-2-8)11(13,14)15/h1-2,4-5H,3,6-7H2. The number of rotatable bonds is 4. The van der Waals surface area contributed by atoms with Crippen LogP contribution in [0.2, 0.25) is 0 Å². The summed E-state index contributed by atoms with van der Waals surface area (Å²) in [5, 5.41) is 0. The molecular weight excluding hydrogens is 241 g/mol. The Morgan fingerprint density at radius 2 is 1.75 bits per heavy atom. The Morgan fingerprint density at radius 1 is 1.19 bits per heavy atom. The summed E-state index contributed by atoms with van der Waals surface area (Å²) in [7, 11) is 0. The highest BCUT2D eigenvalue weighted by molar-refractivity contribution is 6.27. The first-order valence-corrected chi connectivity index (χ1v) is 5.20. The quantitative estimate of drug-likeness (QED) is 0.748. The molecule has 1 nitrogen and oxygen atoms in total. The maximum absolute atomic E-state index is 12.2. The molecule has 0 radical (unpaired) electrons. The van der Waals surface area contributed by atoms with E-state index in [1.807, 2.05) is 0 Å². The van der Waals surface area contributed by atoms with Crippen molar-refractivity contribution in [3.8, 4) is 0 Å². The molecule has 1 aromatic rings. The fourth-order valence-electron chi connectivity index (χ4n) is 1.21. The van der Waals surface area contributed by atoms with Crippen LogP contribution in [-0.2, 0) is 17.4 Å². The molecule has 0 amide bonds. The molecule has 0 fully saturated rings. The van der Waals surface area contributed by atoms with Gasteiger partial charge in [-0.1, -0.05) is 12.1 Å². The molecule has 0 bridgehead atoms. The third kappa shape index (κ3) is 3.85. The number of carbonyl (C=O) groups excluding carboxylic acids is 1. The lowest BCUT2D eigenvalue weighted by atomic mass is 10.1. The van der Waals surface area contributed by atoms with Gasteiger partial charge in [0.25, 0.3) is 0 Å². The van der Waals surface area contributed by atoms with E-state index < -0.39 is 11.7 Å². The molecule has 0 N–H and O–H groups in total. The predicted octanol–water partition coefficient (Wildman–Crippen LogP) is 3.45. The number of Topliss-reactive ketones (excluding diaryl/α,β-unsaturated/α-hetero) is 1. The van der Waals surface area contributed by atoms with Crippen LogP contribution in [0.25, 0.3) is 0 Å². The van der Waals surface area contributed by atoms with Gasteiger partial charge in [0, 0.05) is 6.42 Å². The summed E-state index contributed by atoms with van der Waals surface area (Å²) in [6.45, 7) is 0. The topological polar surface area (TPSA) is 17.1 Å². The minimum absolute atomic E-state index is 0.0549. The molecule has 16 heavy (non-hydrogen) atoms. The highest BCUT2D eigenvalue weighted by atomic mass is 35.5. The molecule has 0 saturated heterocycles. The van der Waals surface area contributed by atoms with Crippen molar-refractivity contribution in [3.05, 3.63) is 35.4 Å². The van der Waals surface area contributed by atoms with Gasteiger partial charge in [0.15, 0.2) is 0 Å². The van der Waals surface area contributed by atoms with Crippen molar-refractivity contribution in [1.82, 2.24) is 0 Å². The largest absolute Gasteiger partial charge is 0.416 e. The summed E-state index contributed by atoms with van der Waals surface area (Å²) in [5.41, 5.74) is 0.0198. The Morgan fingerprint density at radius 3 is 2.19 bits per heavy atom. The number of benzene rings is 1. The monoisotopic (exact) mass is 250 g/mol. The van der Waals surface area contributed by atoms with Crippen LogP contribution in [0.3, 0.4) is 0 Å². The van der Waals surface area contributed by atoms with Gasteiger partial charge < -0.3 is 0 Å². The van der Waals surface area contributed by atoms with Crippen molar-refractivity contribution in [2.75, 3.05) is 5.88 Å². The first-order valence-electron chi connectivity index (χ1n) is 4.67. The molecule has 0 aliphatic rings. The SMILES string of the molecule is O=C(CCl)CCc1ccc(C(F)(F)F)cc1. The third-order valence-electron chi connectivity index (χ3n) is 2.12. The van der Waals surface area contributed by atoms with Gasteiger partial charge in [-0.25, -0.2) is 0 Å². The van der Waals surface area contributed by atoms with E-state index in [-0.39, 0.29) is 18.1 Å². The van der Waals surface area contributed by atoms with Gasteiger partial charge in [0.2, 0.25) is 0 Å². The number of halogens is 4. The Hall–Kier alpha value is -1.03. The lowest BCUT2D eigenvalue weighted by Gasteiger charge is -2.07. The second kappa shape index (κ2) is 5.34. The molecule has 0 aliphatic carbocycles. The van der Waals surface area contributed by atoms with Crippen molar-refractivity contribution >= 4 is 17.4 Å². The number of hydrogen-bond donors (Lipinski definition) is 0. The highest BCUT2D eigenvalue weighted by Crippen LogP contribution is 2.29. The number of carbonyl (C=O) groups is 1. The van der Waals surface area contributed by atoms with Gasteiger partial charge >= 0.3 is 6.18 Å². The van der Waals surface area contributed by atoms with Gasteiger partial charge in [-0.05, 0) is 24.1 Å². The van der Waals surface area contributed by atoms with E-state index in [1.165, 1.54) is 12.1 Å². The molecule has 88 valence electrons. The summed E-state index contributed by atoms with van der Waals surface area (Å²) in [4.78, 5) is 10.9. The van der Waals surface area contributed by atoms with Crippen LogP contribution in [0.4, 0.5) is 13.2 Å². The molecule has 0 aromatic heterocycles. The average molecular weight is 251 g/mol. The van der Waals surface area contributed by atoms with E-state index in [9.17, 15) is 18.0 Å². The molecule has 0 atom stereocenters. The van der Waals surface area contributed by atoms with E-state index in [4.69, 9.17) is 11.6 Å². The Bertz CT molecular complexity index is 356. The van der Waals surface area contributed by atoms with E-state index >= 15 is 0 Å². The van der Waals surface area contributed by atoms with E-state index in [0.717, 1.165) is 12.1 Å². The van der Waals surface area contributed by atoms with Gasteiger partial charge in [0.1, 0.15) is 5.78 Å². The van der Waals surface area contributed by atoms with Crippen LogP contribution < -0.4 is 0 Å². The zero-order chi connectivity index (χ0) is 12.2. The van der Waals surface area contributed by atoms with Crippen LogP contribution in [0, 0.1) is 0 Å². The lowest BCUT2D eigenvalue weighted by Crippen LogP contribution is -2.05. The zero-order valence-electron chi connectivity index (χ0n) is 8.35. The van der Waals surface area contributed by atoms with Crippen molar-refractivity contribution in [2.24, 2.45) is 0 Å². The Balaban J connectivity index is 2.62. The first-order chi connectivity index (χ1) is 7.43. The number of hydrogen-bond acceptors (Lipinski definition) is 1. The van der Waals surface area contributed by atoms with Gasteiger partial charge in [-0.15, -0.1) is 11.6 Å². The zero-order valence-corrected chi connectivity index (χ0v) is 9.11. The number of ketones is 1. The summed E-state index contributed by atoms with van der Waals surface area (Å²) in [6, 6.07) is 4.79. The molecule has 0 spiro atoms. The molecule has 1 aromatic carbocycles. The molecule has 0 saturated carbocycles. The van der Waals surface area contributed by atoms with Gasteiger partial charge in [0.05, 0.1) is 11.4 Å². The maximum atomic E-state index is 12.2. The smallest absolute Gasteiger partial charge is 0.298 e. The Kier molecular flexibility index (Phi) is 4.35. The van der Waals surface area contributed by atoms with Crippen LogP contribution in [-0.4, -0.2) is 11.7 Å². The minimum atomic E-state index is -4.31. The summed E-state index contributed by atoms with van der Waals surface area (Å²) < 4.78 is 36.7. The predicted molar refractivity (Wildman–Crippen MR) is 55.5 cm³/mol. The normalized spacial score (nSPS) is 11.5. The number of alkyl halides is 4. The molecule has 1 rings (SSSR count). The third-order valence-corrected chi connectivity index (χ3v) is 2.42. The Labute approximate surface area is 96.2 Å². The summed E-state index contributed by atoms with van der Waals surface area (Å²) >= 11 is 5.30. The van der Waals surface area contributed by atoms with E-state index in [1.54, 1.807) is 0 Å². The average Bonchev–Trinajstić information content (AvgIpc) is 2.25. The fraction of sp³-hybridized carbons (Fsp3) is 0.364. The van der Waals surface area contributed by atoms with Crippen LogP contribution in [0.5, 0.6) is 0 Å². The molecular formula is C11H10ClF3O. The van der Waals surface area contributed by atoms with Gasteiger partial charge in [-0.2, -0.15) is 13.2 Å². The van der Waals surface area contributed by atoms with Gasteiger partial charge in [-0.3, -0.25) is 4.79 Å². The molecule has 0 heterocycles. The summed E-state index contributed by atoms with van der Waals surface area (Å²) in [5.74, 6) is -0.165. The maximum Gasteiger partial charge on any atom is 0.416 e. The van der Waals surface area contributed by atoms with E-state index in [0.29, 0.717) is 12.0 Å². The number of aryl methyl sites for hydroxylation is 1. The highest BCUT2D eigenvalue weighted by Gasteiger charge is 2.29. The van der Waals surface area contributed by atoms with E-state index in [2.05, 4.69) is 0 Å². The van der Waals surface area contributed by atoms with Crippen LogP contribution >= 0.6 is 11.6 Å². The van der Waals surface area contributed by atoms with Crippen LogP contribution in [0.15, 0.2) is 24.3 Å². The molecule has 5 heteroatoms. The van der Waals surface area contributed by atoms with Crippen molar-refractivity contribution in [3.63, 3.8) is 0 Å². The second-order valence-corrected chi connectivity index (χ2v) is 3.63. The second-order valence-electron chi connectivity index (χ2n) is 3.37. The van der Waals surface area contributed by atoms with Crippen molar-refractivity contribution in [2.45, 2.75) is 19.0 Å². The van der Waals surface area contributed by atoms with Crippen molar-refractivity contribution < 1.29 is 18.0 Å². The fourth-order valence-corrected chi connectivity index (χ4v) is 1.34. The van der Waals surface area contributed by atoms with Crippen LogP contribution in [0.1, 0.15) is 17.5 Å². The summed E-state index contributed by atoms with van der Waals surface area (Å²) in [6.07, 6.45) is -3.64. The molecule has 0 aliphatic heterocycles. The first kappa shape index (κ1) is 13.0. The van der Waals surface area contributed by atoms with Crippen molar-refractivity contribution in [1.29, 1.82) is 0 Å².